The molecule has 2 bridgehead atoms. The number of benzene rings is 1. The van der Waals surface area contributed by atoms with Gasteiger partial charge >= 0.3 is 0 Å². The number of ether oxygens (including phenoxy) is 1. The third-order valence-electron chi connectivity index (χ3n) is 4.28. The first-order valence-corrected chi connectivity index (χ1v) is 8.35. The van der Waals surface area contributed by atoms with Crippen molar-refractivity contribution in [1.29, 1.82) is 0 Å². The quantitative estimate of drug-likeness (QED) is 0.648. The lowest BCUT2D eigenvalue weighted by Crippen LogP contribution is -2.36. The van der Waals surface area contributed by atoms with Gasteiger partial charge in [-0.05, 0) is 38.1 Å². The summed E-state index contributed by atoms with van der Waals surface area (Å²) in [5, 5.41) is 10.3. The molecule has 0 radical (unpaired) electrons. The van der Waals surface area contributed by atoms with Gasteiger partial charge < -0.3 is 15.4 Å². The molecular formula is C18H18FN5O2. The minimum atomic E-state index is -0.340. The van der Waals surface area contributed by atoms with Crippen molar-refractivity contribution in [3.63, 3.8) is 0 Å². The maximum Gasteiger partial charge on any atom is 0.257 e. The molecule has 2 N–H and O–H groups in total. The van der Waals surface area contributed by atoms with Crippen LogP contribution in [0.5, 0.6) is 5.75 Å². The minimum absolute atomic E-state index is 0.248. The Bertz CT molecular complexity index is 987. The SMILES string of the molecule is CC1Nc2ccn3ncc(c3n2)C(=O)N[C@@H](C)COc2ccc(F)cc21. The third-order valence-corrected chi connectivity index (χ3v) is 4.28. The molecule has 1 aliphatic rings. The molecule has 1 amide bonds. The molecule has 0 aliphatic carbocycles. The van der Waals surface area contributed by atoms with Gasteiger partial charge in [-0.3, -0.25) is 4.79 Å². The second kappa shape index (κ2) is 6.29. The minimum Gasteiger partial charge on any atom is -0.491 e. The fraction of sp³-hybridized carbons (Fsp3) is 0.278. The van der Waals surface area contributed by atoms with Crippen molar-refractivity contribution in [2.45, 2.75) is 25.9 Å². The van der Waals surface area contributed by atoms with Crippen LogP contribution in [0.25, 0.3) is 5.65 Å². The van der Waals surface area contributed by atoms with E-state index in [1.54, 1.807) is 22.8 Å². The van der Waals surface area contributed by atoms with Crippen LogP contribution in [-0.2, 0) is 0 Å². The fourth-order valence-corrected chi connectivity index (χ4v) is 2.96. The molecule has 3 aromatic rings. The van der Waals surface area contributed by atoms with Gasteiger partial charge in [0.2, 0.25) is 0 Å². The van der Waals surface area contributed by atoms with E-state index in [1.807, 2.05) is 13.8 Å². The summed E-state index contributed by atoms with van der Waals surface area (Å²) in [5.41, 5.74) is 1.51. The standard InChI is InChI=1S/C18H18FN5O2/c1-10-9-26-15-4-3-12(19)7-13(15)11(2)22-16-5-6-24-17(23-16)14(8-20-24)18(25)21-10/h3-8,10-11H,9H2,1-2H3,(H,21,25)(H,22,23)/t10-,11?/m0/s1. The van der Waals surface area contributed by atoms with Gasteiger partial charge in [-0.1, -0.05) is 0 Å². The van der Waals surface area contributed by atoms with Crippen LogP contribution in [0.4, 0.5) is 10.2 Å². The molecule has 4 rings (SSSR count). The molecule has 8 heteroatoms. The van der Waals surface area contributed by atoms with Gasteiger partial charge in [-0.25, -0.2) is 13.9 Å². The molecule has 0 spiro atoms. The highest BCUT2D eigenvalue weighted by Crippen LogP contribution is 2.29. The summed E-state index contributed by atoms with van der Waals surface area (Å²) >= 11 is 0. The number of carbonyl (C=O) groups excluding carboxylic acids is 1. The van der Waals surface area contributed by atoms with Crippen LogP contribution in [0.3, 0.4) is 0 Å². The summed E-state index contributed by atoms with van der Waals surface area (Å²) in [4.78, 5) is 17.0. The van der Waals surface area contributed by atoms with E-state index in [0.29, 0.717) is 28.3 Å². The zero-order valence-corrected chi connectivity index (χ0v) is 14.4. The molecule has 26 heavy (non-hydrogen) atoms. The van der Waals surface area contributed by atoms with E-state index in [9.17, 15) is 9.18 Å². The first-order chi connectivity index (χ1) is 12.5. The molecule has 3 heterocycles. The van der Waals surface area contributed by atoms with Gasteiger partial charge in [-0.2, -0.15) is 5.10 Å². The number of hydrogen-bond acceptors (Lipinski definition) is 5. The first kappa shape index (κ1) is 16.3. The van der Waals surface area contributed by atoms with E-state index >= 15 is 0 Å². The summed E-state index contributed by atoms with van der Waals surface area (Å²) in [6, 6.07) is 5.65. The third kappa shape index (κ3) is 2.94. The Morgan fingerprint density at radius 1 is 1.27 bits per heavy atom. The first-order valence-electron chi connectivity index (χ1n) is 8.35. The number of nitrogens with one attached hydrogen (secondary N) is 2. The fourth-order valence-electron chi connectivity index (χ4n) is 2.96. The highest BCUT2D eigenvalue weighted by Gasteiger charge is 2.20. The average Bonchev–Trinajstić information content (AvgIpc) is 3.03. The molecule has 7 nitrogen and oxygen atoms in total. The summed E-state index contributed by atoms with van der Waals surface area (Å²) in [5.74, 6) is 0.512. The van der Waals surface area contributed by atoms with Gasteiger partial charge in [0.05, 0.1) is 18.3 Å². The van der Waals surface area contributed by atoms with E-state index in [4.69, 9.17) is 4.74 Å². The second-order valence-electron chi connectivity index (χ2n) is 6.37. The maximum atomic E-state index is 13.8. The Morgan fingerprint density at radius 3 is 2.96 bits per heavy atom. The lowest BCUT2D eigenvalue weighted by atomic mass is 10.1. The van der Waals surface area contributed by atoms with Crippen LogP contribution >= 0.6 is 0 Å². The Morgan fingerprint density at radius 2 is 2.12 bits per heavy atom. The van der Waals surface area contributed by atoms with Gasteiger partial charge in [-0.15, -0.1) is 0 Å². The molecule has 0 fully saturated rings. The van der Waals surface area contributed by atoms with Gasteiger partial charge in [0.1, 0.15) is 29.6 Å². The lowest BCUT2D eigenvalue weighted by Gasteiger charge is -2.20. The zero-order valence-electron chi connectivity index (χ0n) is 14.4. The Balaban J connectivity index is 1.82. The number of carbonyl (C=O) groups is 1. The summed E-state index contributed by atoms with van der Waals surface area (Å²) in [7, 11) is 0. The van der Waals surface area contributed by atoms with Crippen LogP contribution in [-0.4, -0.2) is 33.2 Å². The van der Waals surface area contributed by atoms with Gasteiger partial charge in [0.25, 0.3) is 5.91 Å². The van der Waals surface area contributed by atoms with Crippen molar-refractivity contribution < 1.29 is 13.9 Å². The van der Waals surface area contributed by atoms with Crippen molar-refractivity contribution in [2.24, 2.45) is 0 Å². The summed E-state index contributed by atoms with van der Waals surface area (Å²) in [6.45, 7) is 4.00. The predicted molar refractivity (Wildman–Crippen MR) is 93.8 cm³/mol. The molecule has 1 unspecified atom stereocenters. The van der Waals surface area contributed by atoms with Crippen molar-refractivity contribution in [2.75, 3.05) is 11.9 Å². The summed E-state index contributed by atoms with van der Waals surface area (Å²) < 4.78 is 21.1. The second-order valence-corrected chi connectivity index (χ2v) is 6.37. The smallest absolute Gasteiger partial charge is 0.257 e. The number of anilines is 1. The number of aromatic nitrogens is 3. The summed E-state index contributed by atoms with van der Waals surface area (Å²) in [6.07, 6.45) is 3.21. The van der Waals surface area contributed by atoms with E-state index in [0.717, 1.165) is 0 Å². The van der Waals surface area contributed by atoms with E-state index in [-0.39, 0.29) is 30.4 Å². The molecule has 1 aliphatic heterocycles. The number of fused-ring (bicyclic) bond motifs is 2. The van der Waals surface area contributed by atoms with Crippen LogP contribution in [0, 0.1) is 5.82 Å². The number of hydrogen-bond donors (Lipinski definition) is 2. The highest BCUT2D eigenvalue weighted by molar-refractivity contribution is 5.99. The Labute approximate surface area is 149 Å². The van der Waals surface area contributed by atoms with Crippen molar-refractivity contribution in [3.05, 3.63) is 53.6 Å². The van der Waals surface area contributed by atoms with E-state index in [1.165, 1.54) is 18.3 Å². The normalized spacial score (nSPS) is 20.2. The van der Waals surface area contributed by atoms with Crippen LogP contribution in [0.1, 0.15) is 35.8 Å². The highest BCUT2D eigenvalue weighted by atomic mass is 19.1. The molecule has 0 saturated heterocycles. The predicted octanol–water partition coefficient (Wildman–Crippen LogP) is 2.55. The van der Waals surface area contributed by atoms with Crippen molar-refractivity contribution in [1.82, 2.24) is 19.9 Å². The monoisotopic (exact) mass is 355 g/mol. The van der Waals surface area contributed by atoms with E-state index in [2.05, 4.69) is 20.7 Å². The molecule has 0 saturated carbocycles. The zero-order chi connectivity index (χ0) is 18.3. The molecule has 1 aromatic carbocycles. The molecule has 2 atom stereocenters. The molecule has 2 aromatic heterocycles. The van der Waals surface area contributed by atoms with Crippen LogP contribution < -0.4 is 15.4 Å². The van der Waals surface area contributed by atoms with Gasteiger partial charge in [0.15, 0.2) is 5.65 Å². The van der Waals surface area contributed by atoms with Crippen molar-refractivity contribution >= 4 is 17.4 Å². The topological polar surface area (TPSA) is 80.5 Å². The molecule has 134 valence electrons. The van der Waals surface area contributed by atoms with Crippen LogP contribution in [0.2, 0.25) is 0 Å². The lowest BCUT2D eigenvalue weighted by molar-refractivity contribution is 0.0928. The Hall–Kier alpha value is -3.16. The maximum absolute atomic E-state index is 13.8. The van der Waals surface area contributed by atoms with Gasteiger partial charge in [0, 0.05) is 11.8 Å². The molecular weight excluding hydrogens is 337 g/mol. The van der Waals surface area contributed by atoms with Crippen LogP contribution in [0.15, 0.2) is 36.7 Å². The largest absolute Gasteiger partial charge is 0.491 e. The number of amides is 1. The number of rotatable bonds is 0. The number of halogens is 1. The number of nitrogens with zero attached hydrogens (tertiary/aromatic N) is 3. The average molecular weight is 355 g/mol. The van der Waals surface area contributed by atoms with Crippen molar-refractivity contribution in [3.8, 4) is 5.75 Å². The van der Waals surface area contributed by atoms with E-state index < -0.39 is 0 Å². The Kier molecular flexibility index (Phi) is 3.95.